The zero-order valence-corrected chi connectivity index (χ0v) is 5.03. The van der Waals surface area contributed by atoms with Crippen molar-refractivity contribution in [3.8, 4) is 0 Å². The molecule has 0 nitrogen and oxygen atoms in total. The summed E-state index contributed by atoms with van der Waals surface area (Å²) in [5.74, 6) is 0. The lowest BCUT2D eigenvalue weighted by Crippen LogP contribution is -1.51. The van der Waals surface area contributed by atoms with E-state index in [4.69, 9.17) is 11.6 Å². The quantitative estimate of drug-likeness (QED) is 0.507. The second-order valence-electron chi connectivity index (χ2n) is 1.12. The second-order valence-corrected chi connectivity index (χ2v) is 1.61. The number of hydrogen-bond acceptors (Lipinski definition) is 0. The highest BCUT2D eigenvalue weighted by Crippen LogP contribution is 1.97. The van der Waals surface area contributed by atoms with E-state index in [1.807, 2.05) is 0 Å². The summed E-state index contributed by atoms with van der Waals surface area (Å²) in [6, 6.07) is 0. The second kappa shape index (κ2) is 4.60. The maximum atomic E-state index is 11.1. The Labute approximate surface area is 53.0 Å². The highest BCUT2D eigenvalue weighted by Gasteiger charge is 1.70. The van der Waals surface area contributed by atoms with Crippen molar-refractivity contribution in [1.82, 2.24) is 0 Å². The van der Waals surface area contributed by atoms with Crippen molar-refractivity contribution < 1.29 is 4.39 Å². The maximum absolute atomic E-state index is 11.1. The molecule has 0 unspecified atom stereocenters. The fourth-order valence-corrected chi connectivity index (χ4v) is 0.275. The smallest absolute Gasteiger partial charge is 0.0866 e. The fraction of sp³-hybridized carbons (Fsp3) is 0. The van der Waals surface area contributed by atoms with Crippen LogP contribution in [0, 0.1) is 0 Å². The lowest BCUT2D eigenvalue weighted by Gasteiger charge is -1.74. The van der Waals surface area contributed by atoms with E-state index >= 15 is 0 Å². The van der Waals surface area contributed by atoms with E-state index in [9.17, 15) is 4.39 Å². The molecule has 2 heteroatoms. The minimum Gasteiger partial charge on any atom is -0.216 e. The molecule has 0 aliphatic heterocycles. The minimum absolute atomic E-state index is 0.392. The zero-order chi connectivity index (χ0) is 6.41. The molecule has 0 saturated carbocycles. The molecule has 0 aliphatic carbocycles. The van der Waals surface area contributed by atoms with Crippen LogP contribution in [0.4, 0.5) is 4.39 Å². The van der Waals surface area contributed by atoms with Crippen LogP contribution in [-0.4, -0.2) is 0 Å². The summed E-state index contributed by atoms with van der Waals surface area (Å²) in [5, 5.41) is 0.392. The van der Waals surface area contributed by atoms with Crippen molar-refractivity contribution in [2.75, 3.05) is 0 Å². The van der Waals surface area contributed by atoms with Crippen LogP contribution in [0.5, 0.6) is 0 Å². The first-order valence-electron chi connectivity index (χ1n) is 2.05. The lowest BCUT2D eigenvalue weighted by molar-refractivity contribution is 0.721. The van der Waals surface area contributed by atoms with Gasteiger partial charge < -0.3 is 0 Å². The average Bonchev–Trinajstić information content (AvgIpc) is 1.66. The van der Waals surface area contributed by atoms with Crippen molar-refractivity contribution in [1.29, 1.82) is 0 Å². The van der Waals surface area contributed by atoms with Gasteiger partial charge in [-0.3, -0.25) is 0 Å². The minimum atomic E-state index is 0.392. The molecule has 0 amide bonds. The van der Waals surface area contributed by atoms with Gasteiger partial charge in [0.2, 0.25) is 0 Å². The van der Waals surface area contributed by atoms with Gasteiger partial charge in [-0.05, 0) is 12.2 Å². The molecule has 0 heterocycles. The van der Waals surface area contributed by atoms with Crippen LogP contribution in [0.1, 0.15) is 0 Å². The first kappa shape index (κ1) is 7.44. The van der Waals surface area contributed by atoms with E-state index in [2.05, 4.69) is 6.58 Å². The molecule has 0 spiro atoms. The average molecular weight is 133 g/mol. The monoisotopic (exact) mass is 132 g/mol. The van der Waals surface area contributed by atoms with Crippen LogP contribution in [-0.2, 0) is 0 Å². The van der Waals surface area contributed by atoms with Crippen LogP contribution in [0.3, 0.4) is 0 Å². The van der Waals surface area contributed by atoms with Gasteiger partial charge in [-0.15, -0.1) is 0 Å². The molecular weight excluding hydrogens is 127 g/mol. The van der Waals surface area contributed by atoms with E-state index in [1.165, 1.54) is 18.2 Å². The number of rotatable bonds is 2. The summed E-state index contributed by atoms with van der Waals surface area (Å²) < 4.78 is 11.1. The molecule has 0 rings (SSSR count). The van der Waals surface area contributed by atoms with Crippen LogP contribution in [0.15, 0.2) is 36.2 Å². The predicted octanol–water partition coefficient (Wildman–Crippen LogP) is 2.78. The largest absolute Gasteiger partial charge is 0.216 e. The Morgan fingerprint density at radius 3 is 2.50 bits per heavy atom. The Morgan fingerprint density at radius 2 is 2.12 bits per heavy atom. The summed E-state index contributed by atoms with van der Waals surface area (Å²) >= 11 is 5.28. The molecule has 44 valence electrons. The number of hydrogen-bond donors (Lipinski definition) is 0. The lowest BCUT2D eigenvalue weighted by atomic mass is 10.5. The van der Waals surface area contributed by atoms with E-state index in [1.54, 1.807) is 0 Å². The number of allylic oxidation sites excluding steroid dienone is 4. The summed E-state index contributed by atoms with van der Waals surface area (Å²) in [5.41, 5.74) is 0. The van der Waals surface area contributed by atoms with E-state index in [0.29, 0.717) is 11.4 Å². The highest BCUT2D eigenvalue weighted by atomic mass is 35.5. The first-order valence-corrected chi connectivity index (χ1v) is 2.43. The molecular formula is C6H6ClF. The third-order valence-electron chi connectivity index (χ3n) is 0.461. The van der Waals surface area contributed by atoms with Gasteiger partial charge in [0, 0.05) is 5.03 Å². The zero-order valence-electron chi connectivity index (χ0n) is 4.27. The molecule has 0 fully saturated rings. The molecule has 0 aromatic heterocycles. The summed E-state index contributed by atoms with van der Waals surface area (Å²) in [4.78, 5) is 0. The third kappa shape index (κ3) is 5.44. The van der Waals surface area contributed by atoms with Gasteiger partial charge in [0.15, 0.2) is 0 Å². The van der Waals surface area contributed by atoms with Crippen LogP contribution in [0.25, 0.3) is 0 Å². The molecule has 0 N–H and O–H groups in total. The van der Waals surface area contributed by atoms with Gasteiger partial charge >= 0.3 is 0 Å². The molecule has 0 aliphatic rings. The predicted molar refractivity (Wildman–Crippen MR) is 34.4 cm³/mol. The number of halogens is 2. The summed E-state index contributed by atoms with van der Waals surface area (Å²) in [7, 11) is 0. The highest BCUT2D eigenvalue weighted by molar-refractivity contribution is 6.30. The Bertz CT molecular complexity index is 124. The van der Waals surface area contributed by atoms with Crippen molar-refractivity contribution in [3.05, 3.63) is 36.2 Å². The van der Waals surface area contributed by atoms with Crippen LogP contribution >= 0.6 is 11.6 Å². The van der Waals surface area contributed by atoms with E-state index in [-0.39, 0.29) is 0 Å². The third-order valence-corrected chi connectivity index (χ3v) is 0.587. The molecule has 0 atom stereocenters. The van der Waals surface area contributed by atoms with Crippen molar-refractivity contribution >= 4 is 11.6 Å². The molecule has 0 aromatic rings. The Kier molecular flexibility index (Phi) is 4.27. The SMILES string of the molecule is C=C(Cl)/C=C\C=C/F. The van der Waals surface area contributed by atoms with Gasteiger partial charge in [0.25, 0.3) is 0 Å². The van der Waals surface area contributed by atoms with Crippen molar-refractivity contribution in [3.63, 3.8) is 0 Å². The fourth-order valence-electron chi connectivity index (χ4n) is 0.202. The Morgan fingerprint density at radius 1 is 1.50 bits per heavy atom. The molecule has 0 radical (unpaired) electrons. The van der Waals surface area contributed by atoms with Gasteiger partial charge in [-0.1, -0.05) is 24.3 Å². The van der Waals surface area contributed by atoms with Gasteiger partial charge in [-0.25, -0.2) is 4.39 Å². The normalized spacial score (nSPS) is 11.2. The molecule has 0 bridgehead atoms. The van der Waals surface area contributed by atoms with Crippen LogP contribution < -0.4 is 0 Å². The van der Waals surface area contributed by atoms with E-state index in [0.717, 1.165) is 0 Å². The van der Waals surface area contributed by atoms with Gasteiger partial charge in [0.05, 0.1) is 6.33 Å². The molecule has 0 saturated heterocycles. The van der Waals surface area contributed by atoms with Gasteiger partial charge in [0.1, 0.15) is 0 Å². The standard InChI is InChI=1S/C6H6ClF/c1-6(7)4-2-3-5-8/h2-5H,1H2/b4-2-,5-3-. The molecule has 8 heavy (non-hydrogen) atoms. The topological polar surface area (TPSA) is 0 Å². The Hall–Kier alpha value is -0.560. The Balaban J connectivity index is 3.50. The van der Waals surface area contributed by atoms with Crippen molar-refractivity contribution in [2.45, 2.75) is 0 Å². The first-order chi connectivity index (χ1) is 3.77. The van der Waals surface area contributed by atoms with Gasteiger partial charge in [-0.2, -0.15) is 0 Å². The van der Waals surface area contributed by atoms with Crippen molar-refractivity contribution in [2.24, 2.45) is 0 Å². The van der Waals surface area contributed by atoms with E-state index < -0.39 is 0 Å². The summed E-state index contributed by atoms with van der Waals surface area (Å²) in [6.45, 7) is 3.35. The summed E-state index contributed by atoms with van der Waals surface area (Å²) in [6.07, 6.45) is 4.62. The van der Waals surface area contributed by atoms with Crippen LogP contribution in [0.2, 0.25) is 0 Å². The maximum Gasteiger partial charge on any atom is 0.0866 e. The molecule has 0 aromatic carbocycles.